The van der Waals surface area contributed by atoms with E-state index in [9.17, 15) is 17.6 Å². The minimum Gasteiger partial charge on any atom is -0.489 e. The van der Waals surface area contributed by atoms with Crippen molar-refractivity contribution in [3.8, 4) is 50.6 Å². The Morgan fingerprint density at radius 3 is 1.82 bits per heavy atom. The Morgan fingerprint density at radius 1 is 0.533 bits per heavy atom. The summed E-state index contributed by atoms with van der Waals surface area (Å²) in [6, 6.07) is 39.9. The van der Waals surface area contributed by atoms with Gasteiger partial charge in [-0.05, 0) is 99.6 Å². The van der Waals surface area contributed by atoms with Crippen LogP contribution in [0.1, 0.15) is 11.1 Å². The fourth-order valence-corrected chi connectivity index (χ4v) is 5.19. The Labute approximate surface area is 263 Å². The molecule has 0 aromatic heterocycles. The van der Waals surface area contributed by atoms with E-state index >= 15 is 0 Å². The summed E-state index contributed by atoms with van der Waals surface area (Å²) in [7, 11) is 0. The molecule has 0 fully saturated rings. The zero-order chi connectivity index (χ0) is 31.4. The second-order valence-corrected chi connectivity index (χ2v) is 10.7. The van der Waals surface area contributed by atoms with E-state index < -0.39 is 17.6 Å². The van der Waals surface area contributed by atoms with Crippen LogP contribution in [0, 0.1) is 5.82 Å². The highest BCUT2D eigenvalue weighted by atomic mass is 35.5. The monoisotopic (exact) mass is 624 g/mol. The summed E-state index contributed by atoms with van der Waals surface area (Å²) in [5.41, 5.74) is 5.31. The van der Waals surface area contributed by atoms with Crippen LogP contribution in [0.5, 0.6) is 17.2 Å². The predicted molar refractivity (Wildman–Crippen MR) is 170 cm³/mol. The van der Waals surface area contributed by atoms with E-state index in [1.165, 1.54) is 18.2 Å². The molecule has 45 heavy (non-hydrogen) atoms. The number of hydrogen-bond acceptors (Lipinski definition) is 2. The third kappa shape index (κ3) is 7.03. The van der Waals surface area contributed by atoms with Crippen LogP contribution in [0.25, 0.3) is 33.4 Å². The van der Waals surface area contributed by atoms with Gasteiger partial charge in [0.15, 0.2) is 0 Å². The molecular weight excluding hydrogens is 600 g/mol. The summed E-state index contributed by atoms with van der Waals surface area (Å²) in [6.07, 6.45) is -4.44. The van der Waals surface area contributed by atoms with Crippen molar-refractivity contribution < 1.29 is 27.0 Å². The summed E-state index contributed by atoms with van der Waals surface area (Å²) in [6.45, 7) is 0.426. The van der Waals surface area contributed by atoms with Crippen LogP contribution in [-0.2, 0) is 12.8 Å². The molecule has 0 saturated heterocycles. The van der Waals surface area contributed by atoms with E-state index in [1.807, 2.05) is 91.0 Å². The molecule has 0 N–H and O–H groups in total. The summed E-state index contributed by atoms with van der Waals surface area (Å²) in [5.74, 6) is 0.911. The van der Waals surface area contributed by atoms with Crippen LogP contribution < -0.4 is 9.47 Å². The van der Waals surface area contributed by atoms with Gasteiger partial charge >= 0.3 is 6.18 Å². The SMILES string of the molecule is Fc1ccc(-c2ccccc2-c2ccc(Oc3ccc(C(F)(F)F)cc3)cc2-c2ccc(OCc3ccccc3)cc2)cc1Cl. The molecule has 0 amide bonds. The molecule has 0 aliphatic heterocycles. The Bertz CT molecular complexity index is 1920. The average molecular weight is 625 g/mol. The van der Waals surface area contributed by atoms with Crippen LogP contribution in [0.15, 0.2) is 140 Å². The molecule has 0 heterocycles. The maximum Gasteiger partial charge on any atom is 0.416 e. The Hall–Kier alpha value is -5.07. The van der Waals surface area contributed by atoms with Crippen LogP contribution in [0.2, 0.25) is 5.02 Å². The highest BCUT2D eigenvalue weighted by Crippen LogP contribution is 2.42. The van der Waals surface area contributed by atoms with Gasteiger partial charge in [-0.2, -0.15) is 13.2 Å². The van der Waals surface area contributed by atoms with Crippen LogP contribution >= 0.6 is 11.6 Å². The van der Waals surface area contributed by atoms with Crippen molar-refractivity contribution in [2.45, 2.75) is 12.8 Å². The van der Waals surface area contributed by atoms with Gasteiger partial charge in [0.05, 0.1) is 10.6 Å². The van der Waals surface area contributed by atoms with Crippen LogP contribution in [-0.4, -0.2) is 0 Å². The molecule has 224 valence electrons. The highest BCUT2D eigenvalue weighted by molar-refractivity contribution is 6.31. The first kappa shape index (κ1) is 30.0. The lowest BCUT2D eigenvalue weighted by Gasteiger charge is -2.17. The summed E-state index contributed by atoms with van der Waals surface area (Å²) >= 11 is 6.14. The Kier molecular flexibility index (Phi) is 8.58. The van der Waals surface area contributed by atoms with Crippen molar-refractivity contribution in [3.63, 3.8) is 0 Å². The molecule has 0 aliphatic rings. The minimum atomic E-state index is -4.44. The van der Waals surface area contributed by atoms with E-state index in [2.05, 4.69) is 0 Å². The molecule has 0 unspecified atom stereocenters. The van der Waals surface area contributed by atoms with Crippen LogP contribution in [0.4, 0.5) is 17.6 Å². The average Bonchev–Trinajstić information content (AvgIpc) is 3.06. The quantitative estimate of drug-likeness (QED) is 0.157. The van der Waals surface area contributed by atoms with Gasteiger partial charge in [-0.25, -0.2) is 4.39 Å². The predicted octanol–water partition coefficient (Wildman–Crippen LogP) is 11.9. The number of rotatable bonds is 8. The molecule has 6 rings (SSSR count). The third-order valence-corrected chi connectivity index (χ3v) is 7.56. The fraction of sp³-hybridized carbons (Fsp3) is 0.0526. The largest absolute Gasteiger partial charge is 0.489 e. The van der Waals surface area contributed by atoms with Crippen LogP contribution in [0.3, 0.4) is 0 Å². The zero-order valence-corrected chi connectivity index (χ0v) is 24.4. The summed E-state index contributed by atoms with van der Waals surface area (Å²) in [5, 5.41) is 0.0221. The minimum absolute atomic E-state index is 0.0221. The van der Waals surface area contributed by atoms with Crippen molar-refractivity contribution in [2.75, 3.05) is 0 Å². The third-order valence-electron chi connectivity index (χ3n) is 7.27. The number of ether oxygens (including phenoxy) is 2. The van der Waals surface area contributed by atoms with E-state index in [4.69, 9.17) is 21.1 Å². The van der Waals surface area contributed by atoms with Gasteiger partial charge in [-0.15, -0.1) is 0 Å². The zero-order valence-electron chi connectivity index (χ0n) is 23.7. The van der Waals surface area contributed by atoms with Gasteiger partial charge in [0, 0.05) is 0 Å². The second-order valence-electron chi connectivity index (χ2n) is 10.3. The Balaban J connectivity index is 1.38. The maximum atomic E-state index is 14.0. The van der Waals surface area contributed by atoms with E-state index in [0.29, 0.717) is 18.1 Å². The van der Waals surface area contributed by atoms with E-state index in [0.717, 1.165) is 51.1 Å². The standard InChI is InChI=1S/C38H25ClF4O2/c39-36-22-27(12-21-37(36)40)32-8-4-5-9-33(32)34-20-19-31(45-30-17-13-28(14-18-30)38(41,42)43)23-35(34)26-10-15-29(16-11-26)44-24-25-6-2-1-3-7-25/h1-23H,24H2. The van der Waals surface area contributed by atoms with Gasteiger partial charge in [-0.3, -0.25) is 0 Å². The molecule has 6 aromatic rings. The number of alkyl halides is 3. The van der Waals surface area contributed by atoms with Gasteiger partial charge in [0.1, 0.15) is 29.7 Å². The molecule has 0 spiro atoms. The second kappa shape index (κ2) is 12.9. The summed E-state index contributed by atoms with van der Waals surface area (Å²) in [4.78, 5) is 0. The lowest BCUT2D eigenvalue weighted by Crippen LogP contribution is -2.04. The molecule has 0 aliphatic carbocycles. The smallest absolute Gasteiger partial charge is 0.416 e. The Morgan fingerprint density at radius 2 is 1.13 bits per heavy atom. The van der Waals surface area contributed by atoms with Crippen molar-refractivity contribution in [2.24, 2.45) is 0 Å². The molecule has 2 nitrogen and oxygen atoms in total. The first-order valence-electron chi connectivity index (χ1n) is 14.1. The van der Waals surface area contributed by atoms with Crippen molar-refractivity contribution in [3.05, 3.63) is 161 Å². The highest BCUT2D eigenvalue weighted by Gasteiger charge is 2.30. The number of halogens is 5. The molecule has 0 bridgehead atoms. The molecular formula is C38H25ClF4O2. The van der Waals surface area contributed by atoms with E-state index in [-0.39, 0.29) is 10.8 Å². The summed E-state index contributed by atoms with van der Waals surface area (Å²) < 4.78 is 65.2. The number of hydrogen-bond donors (Lipinski definition) is 0. The van der Waals surface area contributed by atoms with Gasteiger partial charge in [0.25, 0.3) is 0 Å². The van der Waals surface area contributed by atoms with Gasteiger partial charge in [-0.1, -0.05) is 90.5 Å². The first-order valence-corrected chi connectivity index (χ1v) is 14.4. The molecule has 0 saturated carbocycles. The molecule has 0 atom stereocenters. The maximum absolute atomic E-state index is 14.0. The number of benzene rings is 6. The topological polar surface area (TPSA) is 18.5 Å². The first-order chi connectivity index (χ1) is 21.7. The normalized spacial score (nSPS) is 11.3. The van der Waals surface area contributed by atoms with Crippen molar-refractivity contribution in [1.82, 2.24) is 0 Å². The lowest BCUT2D eigenvalue weighted by molar-refractivity contribution is -0.137. The van der Waals surface area contributed by atoms with E-state index in [1.54, 1.807) is 18.2 Å². The van der Waals surface area contributed by atoms with Gasteiger partial charge in [0.2, 0.25) is 0 Å². The van der Waals surface area contributed by atoms with Gasteiger partial charge < -0.3 is 9.47 Å². The van der Waals surface area contributed by atoms with Crippen molar-refractivity contribution in [1.29, 1.82) is 0 Å². The lowest BCUT2D eigenvalue weighted by atomic mass is 9.89. The molecule has 7 heteroatoms. The molecule has 6 aromatic carbocycles. The molecule has 0 radical (unpaired) electrons. The fourth-order valence-electron chi connectivity index (χ4n) is 5.01. The van der Waals surface area contributed by atoms with Crippen molar-refractivity contribution >= 4 is 11.6 Å².